The smallest absolute Gasteiger partial charge is 0.0541 e. The van der Waals surface area contributed by atoms with Gasteiger partial charge in [-0.2, -0.15) is 0 Å². The summed E-state index contributed by atoms with van der Waals surface area (Å²) in [5, 5.41) is 23.0. The van der Waals surface area contributed by atoms with Gasteiger partial charge in [0.15, 0.2) is 0 Å². The number of aromatic nitrogens is 3. The third-order valence-electron chi connectivity index (χ3n) is 26.4. The minimum atomic E-state index is 0.123. The van der Waals surface area contributed by atoms with Gasteiger partial charge in [-0.1, -0.05) is 421 Å². The molecule has 22 aromatic carbocycles. The molecule has 0 N–H and O–H groups in total. The van der Waals surface area contributed by atoms with Crippen LogP contribution in [-0.2, 0) is 5.41 Å². The van der Waals surface area contributed by atoms with Gasteiger partial charge in [-0.05, 0) is 233 Å². The molecule has 128 heavy (non-hydrogen) atoms. The number of benzene rings is 22. The van der Waals surface area contributed by atoms with E-state index >= 15 is 0 Å². The third-order valence-corrected chi connectivity index (χ3v) is 26.4. The van der Waals surface area contributed by atoms with Gasteiger partial charge in [-0.25, -0.2) is 0 Å². The van der Waals surface area contributed by atoms with Gasteiger partial charge in [0.1, 0.15) is 0 Å². The highest BCUT2D eigenvalue weighted by molar-refractivity contribution is 6.25. The van der Waals surface area contributed by atoms with E-state index in [-0.39, 0.29) is 5.41 Å². The minimum absolute atomic E-state index is 0.123. The van der Waals surface area contributed by atoms with Crippen molar-refractivity contribution in [3.63, 3.8) is 0 Å². The van der Waals surface area contributed by atoms with Crippen molar-refractivity contribution >= 4 is 130 Å². The average Bonchev–Trinajstić information content (AvgIpc) is 1.15. The zero-order valence-corrected chi connectivity index (χ0v) is 71.8. The molecule has 0 atom stereocenters. The van der Waals surface area contributed by atoms with Crippen molar-refractivity contribution in [2.24, 2.45) is 0 Å². The first-order chi connectivity index (χ1) is 63.1. The van der Waals surface area contributed by atoms with Crippen molar-refractivity contribution in [1.82, 2.24) is 13.7 Å². The van der Waals surface area contributed by atoms with Gasteiger partial charge in [0, 0.05) is 49.4 Å². The Labute approximate surface area is 744 Å². The molecule has 0 spiro atoms. The Bertz CT molecular complexity index is 8280. The Morgan fingerprint density at radius 1 is 0.148 bits per heavy atom. The lowest BCUT2D eigenvalue weighted by Gasteiger charge is -2.21. The summed E-state index contributed by atoms with van der Waals surface area (Å²) in [6.07, 6.45) is 0. The normalized spacial score (nSPS) is 11.8. The van der Waals surface area contributed by atoms with Crippen LogP contribution in [-0.4, -0.2) is 13.7 Å². The van der Waals surface area contributed by atoms with E-state index in [0.717, 1.165) is 5.69 Å². The summed E-state index contributed by atoms with van der Waals surface area (Å²) >= 11 is 0. The topological polar surface area (TPSA) is 14.8 Å². The number of aryl methyl sites for hydroxylation is 1. The van der Waals surface area contributed by atoms with Crippen LogP contribution in [0, 0.1) is 6.92 Å². The Kier molecular flexibility index (Phi) is 19.1. The van der Waals surface area contributed by atoms with Crippen molar-refractivity contribution in [3.8, 4) is 95.0 Å². The molecule has 3 heterocycles. The van der Waals surface area contributed by atoms with Crippen molar-refractivity contribution in [2.45, 2.75) is 33.1 Å². The Morgan fingerprint density at radius 3 is 0.578 bits per heavy atom. The number of para-hydroxylation sites is 6. The van der Waals surface area contributed by atoms with Gasteiger partial charge in [0.2, 0.25) is 0 Å². The Morgan fingerprint density at radius 2 is 0.336 bits per heavy atom. The summed E-state index contributed by atoms with van der Waals surface area (Å²) in [5.74, 6) is 0. The second kappa shape index (κ2) is 31.8. The molecule has 0 amide bonds. The Balaban J connectivity index is 0.000000110. The average molecular weight is 1630 g/mol. The van der Waals surface area contributed by atoms with Gasteiger partial charge >= 0.3 is 0 Å². The van der Waals surface area contributed by atoms with Gasteiger partial charge in [0.25, 0.3) is 0 Å². The zero-order valence-electron chi connectivity index (χ0n) is 71.8. The van der Waals surface area contributed by atoms with Crippen LogP contribution in [0.25, 0.3) is 225 Å². The second-order valence-electron chi connectivity index (χ2n) is 34.9. The Hall–Kier alpha value is -16.2. The van der Waals surface area contributed by atoms with E-state index in [4.69, 9.17) is 0 Å². The van der Waals surface area contributed by atoms with Crippen LogP contribution >= 0.6 is 0 Å². The fourth-order valence-electron chi connectivity index (χ4n) is 20.6. The molecule has 0 unspecified atom stereocenters. The lowest BCUT2D eigenvalue weighted by molar-refractivity contribution is 0.590. The third kappa shape index (κ3) is 13.1. The molecule has 0 saturated heterocycles. The van der Waals surface area contributed by atoms with E-state index in [1.165, 1.54) is 230 Å². The van der Waals surface area contributed by atoms with E-state index in [1.807, 2.05) is 0 Å². The SMILES string of the molecule is CC(C)(C)c1ccc(-c2c3ccccc3c(-c3ccc(-n4c5ccccc5c5ccccc54)cc3)c3ccccc23)cc1.Cc1ccc(-c2c3ccccc3c(-c3ccc(-n4c5ccccc5c5ccccc54)cc3)c3ccccc23)cc1.c1ccc(-c2ccccc2-c2c3ccccc3c(-c3ccc(-n4c5ccccc5c5ccccc54)cc3)c3ccccc23)cc1. The van der Waals surface area contributed by atoms with Crippen LogP contribution in [0.3, 0.4) is 0 Å². The van der Waals surface area contributed by atoms with Crippen molar-refractivity contribution < 1.29 is 0 Å². The summed E-state index contributed by atoms with van der Waals surface area (Å²) in [6.45, 7) is 8.96. The lowest BCUT2D eigenvalue weighted by atomic mass is 9.83. The number of rotatable bonds is 10. The monoisotopic (exact) mass is 1630 g/mol. The maximum absolute atomic E-state index is 2.38. The largest absolute Gasteiger partial charge is 0.309 e. The van der Waals surface area contributed by atoms with Crippen LogP contribution in [0.2, 0.25) is 0 Å². The summed E-state index contributed by atoms with van der Waals surface area (Å²) in [6, 6.07) is 171. The fourth-order valence-corrected chi connectivity index (χ4v) is 20.6. The highest BCUT2D eigenvalue weighted by atomic mass is 15.0. The molecule has 3 heteroatoms. The molecule has 0 aliphatic carbocycles. The maximum Gasteiger partial charge on any atom is 0.0541 e. The molecule has 0 radical (unpaired) electrons. The first-order valence-corrected chi connectivity index (χ1v) is 44.5. The maximum atomic E-state index is 2.38. The molecular formula is C125H89N3. The van der Waals surface area contributed by atoms with E-state index in [1.54, 1.807) is 0 Å². The standard InChI is InChI=1S/C44H29N.C42H33N.C39H27N/c1-2-14-30(15-3-1)33-16-4-5-19-36(33)44-39-22-8-6-20-37(39)43(38-21-7-9-23-40(38)44)31-26-28-32(29-27-31)45-41-24-12-10-17-34(41)35-18-11-13-25-42(35)45;1-42(2,3)30-24-20-28(21-25-30)40-34-14-4-6-16-36(34)41(37-17-7-5-15-35(37)40)29-22-26-31(27-23-29)43-38-18-10-8-12-32(38)33-13-9-11-19-39(33)43;1-26-18-20-27(21-19-26)38-32-12-2-4-14-34(32)39(35-15-5-3-13-33(35)38)28-22-24-29(25-23-28)40-36-16-8-6-10-30(36)31-11-7-9-17-37(31)40/h1-29H;4-27H,1-3H3;2-25H,1H3. The minimum Gasteiger partial charge on any atom is -0.309 e. The van der Waals surface area contributed by atoms with E-state index in [2.05, 4.69) is 509 Å². The van der Waals surface area contributed by atoms with Crippen molar-refractivity contribution in [3.05, 3.63) is 478 Å². The van der Waals surface area contributed by atoms with Gasteiger partial charge in [-0.3, -0.25) is 0 Å². The fraction of sp³-hybridized carbons (Fsp3) is 0.0400. The molecule has 3 nitrogen and oxygen atoms in total. The summed E-state index contributed by atoms with van der Waals surface area (Å²) in [4.78, 5) is 0. The molecule has 0 aliphatic rings. The number of fused-ring (bicyclic) bond motifs is 15. The predicted octanol–water partition coefficient (Wildman–Crippen LogP) is 34.5. The predicted molar refractivity (Wildman–Crippen MR) is 549 cm³/mol. The second-order valence-corrected chi connectivity index (χ2v) is 34.9. The molecule has 604 valence electrons. The summed E-state index contributed by atoms with van der Waals surface area (Å²) in [5.41, 5.74) is 31.3. The van der Waals surface area contributed by atoms with Crippen molar-refractivity contribution in [2.75, 3.05) is 0 Å². The number of hydrogen-bond donors (Lipinski definition) is 0. The van der Waals surface area contributed by atoms with Crippen LogP contribution in [0.4, 0.5) is 0 Å². The van der Waals surface area contributed by atoms with Crippen LogP contribution in [0.15, 0.2) is 467 Å². The number of hydrogen-bond acceptors (Lipinski definition) is 0. The molecule has 0 saturated carbocycles. The number of nitrogens with zero attached hydrogens (tertiary/aromatic N) is 3. The molecule has 25 aromatic rings. The van der Waals surface area contributed by atoms with E-state index < -0.39 is 0 Å². The highest BCUT2D eigenvalue weighted by Gasteiger charge is 2.25. The van der Waals surface area contributed by atoms with Crippen LogP contribution < -0.4 is 0 Å². The van der Waals surface area contributed by atoms with Crippen LogP contribution in [0.1, 0.15) is 31.9 Å². The van der Waals surface area contributed by atoms with Gasteiger partial charge in [0.05, 0.1) is 33.1 Å². The van der Waals surface area contributed by atoms with Crippen LogP contribution in [0.5, 0.6) is 0 Å². The first kappa shape index (κ1) is 76.7. The molecule has 3 aromatic heterocycles. The first-order valence-electron chi connectivity index (χ1n) is 44.5. The molecule has 0 fully saturated rings. The van der Waals surface area contributed by atoms with Crippen molar-refractivity contribution in [1.29, 1.82) is 0 Å². The summed E-state index contributed by atoms with van der Waals surface area (Å²) < 4.78 is 7.15. The van der Waals surface area contributed by atoms with Gasteiger partial charge < -0.3 is 13.7 Å². The molecular weight excluding hydrogens is 1540 g/mol. The molecule has 25 rings (SSSR count). The van der Waals surface area contributed by atoms with Gasteiger partial charge in [-0.15, -0.1) is 0 Å². The quantitative estimate of drug-likeness (QED) is 0.121. The van der Waals surface area contributed by atoms with E-state index in [0.29, 0.717) is 0 Å². The molecule has 0 aliphatic heterocycles. The molecule has 0 bridgehead atoms. The zero-order chi connectivity index (χ0) is 85.5. The lowest BCUT2D eigenvalue weighted by Crippen LogP contribution is -2.10. The highest BCUT2D eigenvalue weighted by Crippen LogP contribution is 2.50. The summed E-state index contributed by atoms with van der Waals surface area (Å²) in [7, 11) is 0. The van der Waals surface area contributed by atoms with E-state index in [9.17, 15) is 0 Å².